The Labute approximate surface area is 146 Å². The number of nitrogen functional groups attached to an aromatic ring is 1. The Morgan fingerprint density at radius 2 is 1.96 bits per heavy atom. The van der Waals surface area contributed by atoms with Crippen LogP contribution in [0.5, 0.6) is 0 Å². The van der Waals surface area contributed by atoms with E-state index in [4.69, 9.17) is 11.5 Å². The summed E-state index contributed by atoms with van der Waals surface area (Å²) in [5, 5.41) is 0. The van der Waals surface area contributed by atoms with Crippen molar-refractivity contribution in [1.82, 2.24) is 19.9 Å². The fraction of sp³-hybridized carbons (Fsp3) is 0.471. The summed E-state index contributed by atoms with van der Waals surface area (Å²) in [7, 11) is 0. The number of amides is 1. The van der Waals surface area contributed by atoms with Gasteiger partial charge in [0.2, 0.25) is 5.95 Å². The molecule has 5 N–H and O–H groups in total. The van der Waals surface area contributed by atoms with Gasteiger partial charge in [0.05, 0.1) is 5.69 Å². The molecule has 25 heavy (non-hydrogen) atoms. The monoisotopic (exact) mass is 341 g/mol. The largest absolute Gasteiger partial charge is 0.368 e. The molecule has 0 aromatic carbocycles. The zero-order valence-electron chi connectivity index (χ0n) is 14.1. The first-order valence-corrected chi connectivity index (χ1v) is 8.68. The molecule has 2 fully saturated rings. The predicted octanol–water partition coefficient (Wildman–Crippen LogP) is 0.554. The third kappa shape index (κ3) is 3.17. The van der Waals surface area contributed by atoms with Gasteiger partial charge in [-0.15, -0.1) is 0 Å². The van der Waals surface area contributed by atoms with Crippen LogP contribution in [0.25, 0.3) is 0 Å². The molecule has 4 rings (SSSR count). The summed E-state index contributed by atoms with van der Waals surface area (Å²) >= 11 is 0. The van der Waals surface area contributed by atoms with Gasteiger partial charge in [0, 0.05) is 50.4 Å². The van der Waals surface area contributed by atoms with Crippen molar-refractivity contribution in [2.45, 2.75) is 24.8 Å². The van der Waals surface area contributed by atoms with Crippen LogP contribution in [-0.2, 0) is 0 Å². The SMILES string of the molecule is Nc1nc(C2CC(N)C2)cc(N2CCN(C(=O)c3ccc[nH]3)CC2)n1. The molecule has 0 atom stereocenters. The zero-order valence-corrected chi connectivity index (χ0v) is 14.1. The van der Waals surface area contributed by atoms with Crippen LogP contribution in [0.3, 0.4) is 0 Å². The van der Waals surface area contributed by atoms with E-state index in [1.165, 1.54) is 0 Å². The molecule has 2 aromatic heterocycles. The fourth-order valence-electron chi connectivity index (χ4n) is 3.52. The van der Waals surface area contributed by atoms with Crippen molar-refractivity contribution >= 4 is 17.7 Å². The van der Waals surface area contributed by atoms with E-state index in [0.29, 0.717) is 30.6 Å². The number of H-pyrrole nitrogens is 1. The van der Waals surface area contributed by atoms with Crippen LogP contribution in [0.1, 0.15) is 34.9 Å². The highest BCUT2D eigenvalue weighted by Crippen LogP contribution is 2.35. The first kappa shape index (κ1) is 15.9. The Balaban J connectivity index is 1.43. The number of carbonyl (C=O) groups is 1. The fourth-order valence-corrected chi connectivity index (χ4v) is 3.52. The first-order chi connectivity index (χ1) is 12.1. The lowest BCUT2D eigenvalue weighted by Gasteiger charge is -2.36. The van der Waals surface area contributed by atoms with Crippen LogP contribution in [0, 0.1) is 0 Å². The van der Waals surface area contributed by atoms with Gasteiger partial charge >= 0.3 is 0 Å². The average Bonchev–Trinajstić information content (AvgIpc) is 3.12. The van der Waals surface area contributed by atoms with E-state index in [1.54, 1.807) is 12.3 Å². The smallest absolute Gasteiger partial charge is 0.270 e. The number of aromatic amines is 1. The van der Waals surface area contributed by atoms with Crippen LogP contribution in [-0.4, -0.2) is 58.0 Å². The van der Waals surface area contributed by atoms with E-state index in [1.807, 2.05) is 17.0 Å². The third-order valence-electron chi connectivity index (χ3n) is 5.06. The van der Waals surface area contributed by atoms with Gasteiger partial charge in [-0.1, -0.05) is 0 Å². The van der Waals surface area contributed by atoms with Crippen molar-refractivity contribution in [2.24, 2.45) is 5.73 Å². The van der Waals surface area contributed by atoms with Gasteiger partial charge in [-0.25, -0.2) is 4.98 Å². The Morgan fingerprint density at radius 3 is 2.60 bits per heavy atom. The molecule has 1 aliphatic carbocycles. The molecule has 1 saturated carbocycles. The lowest BCUT2D eigenvalue weighted by molar-refractivity contribution is 0.0741. The number of hydrogen-bond donors (Lipinski definition) is 3. The van der Waals surface area contributed by atoms with Crippen molar-refractivity contribution in [2.75, 3.05) is 36.8 Å². The summed E-state index contributed by atoms with van der Waals surface area (Å²) in [6.07, 6.45) is 3.67. The van der Waals surface area contributed by atoms with Crippen molar-refractivity contribution in [3.8, 4) is 0 Å². The van der Waals surface area contributed by atoms with Gasteiger partial charge in [0.15, 0.2) is 0 Å². The second-order valence-electron chi connectivity index (χ2n) is 6.80. The van der Waals surface area contributed by atoms with Gasteiger partial charge in [0.1, 0.15) is 11.5 Å². The van der Waals surface area contributed by atoms with Crippen LogP contribution < -0.4 is 16.4 Å². The van der Waals surface area contributed by atoms with Crippen LogP contribution in [0.4, 0.5) is 11.8 Å². The highest BCUT2D eigenvalue weighted by molar-refractivity contribution is 5.92. The van der Waals surface area contributed by atoms with E-state index < -0.39 is 0 Å². The summed E-state index contributed by atoms with van der Waals surface area (Å²) in [5.74, 6) is 1.57. The topological polar surface area (TPSA) is 117 Å². The van der Waals surface area contributed by atoms with E-state index in [2.05, 4.69) is 19.9 Å². The van der Waals surface area contributed by atoms with Gasteiger partial charge in [-0.2, -0.15) is 4.98 Å². The van der Waals surface area contributed by atoms with E-state index >= 15 is 0 Å². The molecule has 0 radical (unpaired) electrons. The van der Waals surface area contributed by atoms with Crippen LogP contribution in [0.2, 0.25) is 0 Å². The lowest BCUT2D eigenvalue weighted by Crippen LogP contribution is -2.49. The molecular weight excluding hydrogens is 318 g/mol. The standard InChI is InChI=1S/C17H23N7O/c18-12-8-11(9-12)14-10-15(22-17(19)21-14)23-4-6-24(7-5-23)16(25)13-2-1-3-20-13/h1-3,10-12,20H,4-9,18H2,(H2,19,21,22). The third-order valence-corrected chi connectivity index (χ3v) is 5.06. The zero-order chi connectivity index (χ0) is 17.4. The summed E-state index contributed by atoms with van der Waals surface area (Å²) in [4.78, 5) is 28.2. The maximum atomic E-state index is 12.4. The summed E-state index contributed by atoms with van der Waals surface area (Å²) < 4.78 is 0. The van der Waals surface area contributed by atoms with Gasteiger partial charge in [-0.3, -0.25) is 4.79 Å². The number of carbonyl (C=O) groups excluding carboxylic acids is 1. The Kier molecular flexibility index (Phi) is 4.04. The highest BCUT2D eigenvalue weighted by Gasteiger charge is 2.30. The molecular formula is C17H23N7O. The molecule has 1 amide bonds. The van der Waals surface area contributed by atoms with Gasteiger partial charge in [-0.05, 0) is 25.0 Å². The normalized spacial score (nSPS) is 23.4. The van der Waals surface area contributed by atoms with Crippen molar-refractivity contribution in [3.05, 3.63) is 35.8 Å². The molecule has 1 saturated heterocycles. The Bertz CT molecular complexity index is 746. The number of nitrogens with zero attached hydrogens (tertiary/aromatic N) is 4. The van der Waals surface area contributed by atoms with E-state index in [9.17, 15) is 4.79 Å². The molecule has 8 nitrogen and oxygen atoms in total. The average molecular weight is 341 g/mol. The summed E-state index contributed by atoms with van der Waals surface area (Å²) in [5.41, 5.74) is 13.4. The lowest BCUT2D eigenvalue weighted by atomic mass is 9.78. The van der Waals surface area contributed by atoms with E-state index in [-0.39, 0.29) is 11.9 Å². The van der Waals surface area contributed by atoms with Crippen molar-refractivity contribution in [1.29, 1.82) is 0 Å². The number of hydrogen-bond acceptors (Lipinski definition) is 6. The molecule has 2 aromatic rings. The molecule has 132 valence electrons. The number of nitrogens with one attached hydrogen (secondary N) is 1. The molecule has 1 aliphatic heterocycles. The van der Waals surface area contributed by atoms with Crippen molar-refractivity contribution < 1.29 is 4.79 Å². The number of piperazine rings is 1. The maximum Gasteiger partial charge on any atom is 0.270 e. The molecule has 3 heterocycles. The first-order valence-electron chi connectivity index (χ1n) is 8.68. The Morgan fingerprint density at radius 1 is 1.20 bits per heavy atom. The minimum absolute atomic E-state index is 0.0380. The molecule has 8 heteroatoms. The quantitative estimate of drug-likeness (QED) is 0.751. The molecule has 0 bridgehead atoms. The second-order valence-corrected chi connectivity index (χ2v) is 6.80. The number of nitrogens with two attached hydrogens (primary N) is 2. The molecule has 0 spiro atoms. The van der Waals surface area contributed by atoms with Crippen LogP contribution in [0.15, 0.2) is 24.4 Å². The van der Waals surface area contributed by atoms with E-state index in [0.717, 1.165) is 37.4 Å². The van der Waals surface area contributed by atoms with Gasteiger partial charge in [0.25, 0.3) is 5.91 Å². The number of aromatic nitrogens is 3. The highest BCUT2D eigenvalue weighted by atomic mass is 16.2. The second kappa shape index (κ2) is 6.36. The predicted molar refractivity (Wildman–Crippen MR) is 95.3 cm³/mol. The van der Waals surface area contributed by atoms with Crippen LogP contribution >= 0.6 is 0 Å². The van der Waals surface area contributed by atoms with Gasteiger partial charge < -0.3 is 26.3 Å². The maximum absolute atomic E-state index is 12.4. The summed E-state index contributed by atoms with van der Waals surface area (Å²) in [6.45, 7) is 2.77. The molecule has 2 aliphatic rings. The Hall–Kier alpha value is -2.61. The number of anilines is 2. The molecule has 0 unspecified atom stereocenters. The minimum Gasteiger partial charge on any atom is -0.368 e. The minimum atomic E-state index is 0.0380. The van der Waals surface area contributed by atoms with Crippen molar-refractivity contribution in [3.63, 3.8) is 0 Å². The summed E-state index contributed by atoms with van der Waals surface area (Å²) in [6, 6.07) is 5.93. The number of rotatable bonds is 3.